The van der Waals surface area contributed by atoms with Crippen LogP contribution in [0.5, 0.6) is 0 Å². The summed E-state index contributed by atoms with van der Waals surface area (Å²) < 4.78 is 5.46. The average molecular weight is 377 g/mol. The van der Waals surface area contributed by atoms with Gasteiger partial charge < -0.3 is 15.2 Å². The number of rotatable bonds is 8. The fourth-order valence-electron chi connectivity index (χ4n) is 3.74. The van der Waals surface area contributed by atoms with Crippen LogP contribution in [0.3, 0.4) is 0 Å². The smallest absolute Gasteiger partial charge is 0.408 e. The number of ether oxygens (including phenoxy) is 1. The van der Waals surface area contributed by atoms with Crippen LogP contribution >= 0.6 is 0 Å². The Labute approximate surface area is 164 Å². The minimum absolute atomic E-state index is 0.0680. The van der Waals surface area contributed by atoms with Crippen molar-refractivity contribution in [2.75, 3.05) is 6.61 Å². The van der Waals surface area contributed by atoms with Crippen molar-refractivity contribution in [3.8, 4) is 11.1 Å². The van der Waals surface area contributed by atoms with Crippen LogP contribution in [0.1, 0.15) is 29.9 Å². The van der Waals surface area contributed by atoms with E-state index in [4.69, 9.17) is 4.74 Å². The zero-order valence-electron chi connectivity index (χ0n) is 15.6. The fraction of sp³-hybridized carbons (Fsp3) is 0.217. The van der Waals surface area contributed by atoms with Crippen LogP contribution in [-0.4, -0.2) is 29.3 Å². The van der Waals surface area contributed by atoms with Crippen molar-refractivity contribution in [2.24, 2.45) is 0 Å². The highest BCUT2D eigenvalue weighted by atomic mass is 16.5. The highest BCUT2D eigenvalue weighted by molar-refractivity contribution is 5.85. The largest absolute Gasteiger partial charge is 0.479 e. The molecule has 0 heterocycles. The lowest BCUT2D eigenvalue weighted by atomic mass is 9.91. The molecule has 0 spiro atoms. The van der Waals surface area contributed by atoms with Gasteiger partial charge in [-0.2, -0.15) is 0 Å². The van der Waals surface area contributed by atoms with Crippen molar-refractivity contribution in [3.05, 3.63) is 85.0 Å². The molecule has 28 heavy (non-hydrogen) atoms. The molecular formula is C23H23NO4. The number of carboxylic acid groups (broad SMARTS) is 1. The summed E-state index contributed by atoms with van der Waals surface area (Å²) in [6.45, 7) is 7.30. The van der Waals surface area contributed by atoms with Crippen molar-refractivity contribution in [3.63, 3.8) is 0 Å². The number of hydrogen-bond donors (Lipinski definition) is 2. The molecule has 5 nitrogen and oxygen atoms in total. The number of nitrogens with one attached hydrogen (secondary N) is 1. The van der Waals surface area contributed by atoms with E-state index in [9.17, 15) is 14.7 Å². The van der Waals surface area contributed by atoms with E-state index in [1.807, 2.05) is 36.4 Å². The maximum absolute atomic E-state index is 12.4. The molecule has 0 unspecified atom stereocenters. The molecule has 1 aliphatic rings. The van der Waals surface area contributed by atoms with Gasteiger partial charge in [0.2, 0.25) is 0 Å². The molecule has 2 aromatic carbocycles. The van der Waals surface area contributed by atoms with E-state index in [0.29, 0.717) is 0 Å². The maximum Gasteiger partial charge on any atom is 0.408 e. The van der Waals surface area contributed by atoms with Gasteiger partial charge in [0.1, 0.15) is 12.1 Å². The van der Waals surface area contributed by atoms with Crippen LogP contribution in [0.15, 0.2) is 73.8 Å². The van der Waals surface area contributed by atoms with E-state index >= 15 is 0 Å². The molecule has 1 aliphatic carbocycles. The van der Waals surface area contributed by atoms with Gasteiger partial charge in [-0.1, -0.05) is 60.7 Å². The minimum Gasteiger partial charge on any atom is -0.479 e. The number of carbonyl (C=O) groups excluding carboxylic acids is 1. The zero-order chi connectivity index (χ0) is 20.1. The molecule has 2 N–H and O–H groups in total. The number of carbonyl (C=O) groups is 2. The SMILES string of the molecule is C=CCC(CC=C)(NC(=O)OCC1c2ccccc2-c2ccccc21)C(=O)O. The molecular weight excluding hydrogens is 354 g/mol. The predicted molar refractivity (Wildman–Crippen MR) is 108 cm³/mol. The number of alkyl carbamates (subject to hydrolysis) is 1. The lowest BCUT2D eigenvalue weighted by Gasteiger charge is -2.28. The average Bonchev–Trinajstić information content (AvgIpc) is 3.00. The Balaban J connectivity index is 1.77. The molecule has 0 saturated heterocycles. The van der Waals surface area contributed by atoms with Crippen LogP contribution in [0.4, 0.5) is 4.79 Å². The van der Waals surface area contributed by atoms with Gasteiger partial charge in [-0.3, -0.25) is 0 Å². The van der Waals surface area contributed by atoms with E-state index in [2.05, 4.69) is 30.6 Å². The predicted octanol–water partition coefficient (Wildman–Crippen LogP) is 4.50. The van der Waals surface area contributed by atoms with E-state index in [-0.39, 0.29) is 25.4 Å². The van der Waals surface area contributed by atoms with Gasteiger partial charge in [0.25, 0.3) is 0 Å². The van der Waals surface area contributed by atoms with Gasteiger partial charge in [0.05, 0.1) is 0 Å². The number of benzene rings is 2. The van der Waals surface area contributed by atoms with Crippen LogP contribution in [0, 0.1) is 0 Å². The third kappa shape index (κ3) is 3.56. The van der Waals surface area contributed by atoms with Crippen LogP contribution < -0.4 is 5.32 Å². The van der Waals surface area contributed by atoms with Crippen LogP contribution in [-0.2, 0) is 9.53 Å². The van der Waals surface area contributed by atoms with E-state index in [1.54, 1.807) is 0 Å². The van der Waals surface area contributed by atoms with Gasteiger partial charge in [-0.15, -0.1) is 13.2 Å². The molecule has 0 atom stereocenters. The number of carboxylic acids is 1. The second-order valence-corrected chi connectivity index (χ2v) is 6.82. The summed E-state index contributed by atoms with van der Waals surface area (Å²) in [6, 6.07) is 16.0. The first-order chi connectivity index (χ1) is 13.5. The number of fused-ring (bicyclic) bond motifs is 3. The Morgan fingerprint density at radius 1 is 1.00 bits per heavy atom. The van der Waals surface area contributed by atoms with Gasteiger partial charge in [0.15, 0.2) is 0 Å². The maximum atomic E-state index is 12.4. The molecule has 1 amide bonds. The van der Waals surface area contributed by atoms with Crippen LogP contribution in [0.25, 0.3) is 11.1 Å². The lowest BCUT2D eigenvalue weighted by molar-refractivity contribution is -0.144. The van der Waals surface area contributed by atoms with Gasteiger partial charge in [-0.05, 0) is 35.1 Å². The van der Waals surface area contributed by atoms with Crippen molar-refractivity contribution in [1.82, 2.24) is 5.32 Å². The van der Waals surface area contributed by atoms with Crippen molar-refractivity contribution in [2.45, 2.75) is 24.3 Å². The molecule has 0 fully saturated rings. The summed E-state index contributed by atoms with van der Waals surface area (Å²) >= 11 is 0. The molecule has 0 aromatic heterocycles. The zero-order valence-corrected chi connectivity index (χ0v) is 15.6. The van der Waals surface area contributed by atoms with Gasteiger partial charge in [-0.25, -0.2) is 9.59 Å². The Hall–Kier alpha value is -3.34. The third-order valence-corrected chi connectivity index (χ3v) is 5.08. The summed E-state index contributed by atoms with van der Waals surface area (Å²) in [4.78, 5) is 24.2. The van der Waals surface area contributed by atoms with E-state index in [0.717, 1.165) is 22.3 Å². The van der Waals surface area contributed by atoms with Crippen LogP contribution in [0.2, 0.25) is 0 Å². The second-order valence-electron chi connectivity index (χ2n) is 6.82. The molecule has 144 valence electrons. The quantitative estimate of drug-likeness (QED) is 0.664. The molecule has 0 bridgehead atoms. The Morgan fingerprint density at radius 3 is 1.96 bits per heavy atom. The minimum atomic E-state index is -1.51. The summed E-state index contributed by atoms with van der Waals surface area (Å²) in [6.07, 6.45) is 2.28. The highest BCUT2D eigenvalue weighted by Crippen LogP contribution is 2.44. The first kappa shape index (κ1) is 19.4. The molecule has 0 saturated carbocycles. The Morgan fingerprint density at radius 2 is 1.50 bits per heavy atom. The van der Waals surface area contributed by atoms with Gasteiger partial charge in [0, 0.05) is 5.92 Å². The topological polar surface area (TPSA) is 75.6 Å². The Kier molecular flexibility index (Phi) is 5.64. The second kappa shape index (κ2) is 8.13. The normalized spacial score (nSPS) is 12.6. The van der Waals surface area contributed by atoms with E-state index < -0.39 is 17.6 Å². The monoisotopic (exact) mass is 377 g/mol. The van der Waals surface area contributed by atoms with Crippen molar-refractivity contribution >= 4 is 12.1 Å². The highest BCUT2D eigenvalue weighted by Gasteiger charge is 2.39. The lowest BCUT2D eigenvalue weighted by Crippen LogP contribution is -2.54. The molecule has 3 rings (SSSR count). The third-order valence-electron chi connectivity index (χ3n) is 5.08. The first-order valence-corrected chi connectivity index (χ1v) is 9.11. The molecule has 0 aliphatic heterocycles. The molecule has 0 radical (unpaired) electrons. The summed E-state index contributed by atoms with van der Waals surface area (Å²) in [5.74, 6) is -1.24. The molecule has 2 aromatic rings. The Bertz CT molecular complexity index is 863. The summed E-state index contributed by atoms with van der Waals surface area (Å²) in [5, 5.41) is 12.1. The standard InChI is InChI=1S/C23H23NO4/c1-3-13-23(14-4-2,21(25)26)24-22(27)28-15-20-18-11-7-5-9-16(18)17-10-6-8-12-19(17)20/h3-12,20H,1-2,13-15H2,(H,24,27)(H,25,26). The summed E-state index contributed by atoms with van der Waals surface area (Å²) in [5.41, 5.74) is 2.94. The first-order valence-electron chi connectivity index (χ1n) is 9.11. The number of amides is 1. The fourth-order valence-corrected chi connectivity index (χ4v) is 3.74. The van der Waals surface area contributed by atoms with Crippen molar-refractivity contribution in [1.29, 1.82) is 0 Å². The summed E-state index contributed by atoms with van der Waals surface area (Å²) in [7, 11) is 0. The number of aliphatic carboxylic acids is 1. The number of hydrogen-bond acceptors (Lipinski definition) is 3. The van der Waals surface area contributed by atoms with Crippen molar-refractivity contribution < 1.29 is 19.4 Å². The van der Waals surface area contributed by atoms with Gasteiger partial charge >= 0.3 is 12.1 Å². The molecule has 5 heteroatoms. The van der Waals surface area contributed by atoms with E-state index in [1.165, 1.54) is 12.2 Å².